The highest BCUT2D eigenvalue weighted by Crippen LogP contribution is 2.15. The molecule has 0 saturated heterocycles. The van der Waals surface area contributed by atoms with Crippen molar-refractivity contribution in [1.82, 2.24) is 4.90 Å². The van der Waals surface area contributed by atoms with Crippen LogP contribution in [0.5, 0.6) is 0 Å². The zero-order valence-electron chi connectivity index (χ0n) is 8.79. The second-order valence-corrected chi connectivity index (χ2v) is 2.60. The summed E-state index contributed by atoms with van der Waals surface area (Å²) in [6.07, 6.45) is 0. The minimum atomic E-state index is -1.43. The van der Waals surface area contributed by atoms with Crippen LogP contribution in [-0.4, -0.2) is 51.7 Å². The molecular formula is C8H17NO4. The van der Waals surface area contributed by atoms with Crippen LogP contribution in [0.3, 0.4) is 0 Å². The molecule has 0 aliphatic heterocycles. The predicted molar refractivity (Wildman–Crippen MR) is 47.1 cm³/mol. The van der Waals surface area contributed by atoms with Gasteiger partial charge in [0.25, 0.3) is 0 Å². The smallest absolute Gasteiger partial charge is 0.384 e. The van der Waals surface area contributed by atoms with Gasteiger partial charge in [-0.05, 0) is 21.0 Å². The summed E-state index contributed by atoms with van der Waals surface area (Å²) in [6.45, 7) is 2.02. The number of carbonyl (C=O) groups is 1. The van der Waals surface area contributed by atoms with Gasteiger partial charge in [-0.25, -0.2) is 9.69 Å². The molecule has 0 heterocycles. The predicted octanol–water partition coefficient (Wildman–Crippen LogP) is 0.0577. The normalized spacial score (nSPS) is 11.8. The summed E-state index contributed by atoms with van der Waals surface area (Å²) in [5.41, 5.74) is 0. The maximum Gasteiger partial charge on any atom is 0.384 e. The molecule has 0 N–H and O–H groups in total. The molecule has 0 unspecified atom stereocenters. The largest absolute Gasteiger partial charge is 0.461 e. The Morgan fingerprint density at radius 1 is 1.31 bits per heavy atom. The number of carbonyl (C=O) groups excluding carboxylic acids is 1. The van der Waals surface area contributed by atoms with Crippen LogP contribution in [-0.2, 0) is 19.0 Å². The van der Waals surface area contributed by atoms with Crippen LogP contribution < -0.4 is 0 Å². The van der Waals surface area contributed by atoms with Crippen molar-refractivity contribution in [2.45, 2.75) is 12.8 Å². The van der Waals surface area contributed by atoms with Crippen LogP contribution >= 0.6 is 0 Å². The van der Waals surface area contributed by atoms with Gasteiger partial charge in [0.05, 0.1) is 6.61 Å². The van der Waals surface area contributed by atoms with Crippen molar-refractivity contribution in [3.63, 3.8) is 0 Å². The molecule has 0 spiro atoms. The van der Waals surface area contributed by atoms with E-state index in [1.54, 1.807) is 21.0 Å². The number of ether oxygens (including phenoxy) is 3. The molecule has 0 radical (unpaired) electrons. The monoisotopic (exact) mass is 191 g/mol. The van der Waals surface area contributed by atoms with E-state index in [1.807, 2.05) is 0 Å². The Kier molecular flexibility index (Phi) is 4.90. The molecule has 0 rings (SSSR count). The van der Waals surface area contributed by atoms with Crippen molar-refractivity contribution < 1.29 is 19.0 Å². The Morgan fingerprint density at radius 3 is 2.00 bits per heavy atom. The Morgan fingerprint density at radius 2 is 1.77 bits per heavy atom. The van der Waals surface area contributed by atoms with Gasteiger partial charge in [0.1, 0.15) is 0 Å². The fourth-order valence-electron chi connectivity index (χ4n) is 1.02. The van der Waals surface area contributed by atoms with Gasteiger partial charge in [0, 0.05) is 14.2 Å². The molecule has 0 aromatic heterocycles. The Labute approximate surface area is 78.6 Å². The van der Waals surface area contributed by atoms with E-state index in [1.165, 1.54) is 19.1 Å². The lowest BCUT2D eigenvalue weighted by molar-refractivity contribution is -0.281. The summed E-state index contributed by atoms with van der Waals surface area (Å²) in [5.74, 6) is -1.99. The van der Waals surface area contributed by atoms with Crippen molar-refractivity contribution in [1.29, 1.82) is 0 Å². The molecule has 0 atom stereocenters. The summed E-state index contributed by atoms with van der Waals surface area (Å²) in [5, 5.41) is 0. The molecule has 13 heavy (non-hydrogen) atoms. The molecule has 0 fully saturated rings. The highest BCUT2D eigenvalue weighted by Gasteiger charge is 2.43. The van der Waals surface area contributed by atoms with E-state index in [0.717, 1.165) is 0 Å². The lowest BCUT2D eigenvalue weighted by Gasteiger charge is -2.33. The lowest BCUT2D eigenvalue weighted by Crippen LogP contribution is -2.55. The van der Waals surface area contributed by atoms with Gasteiger partial charge in [-0.3, -0.25) is 0 Å². The van der Waals surface area contributed by atoms with Gasteiger partial charge in [-0.1, -0.05) is 0 Å². The van der Waals surface area contributed by atoms with E-state index in [4.69, 9.17) is 14.2 Å². The lowest BCUT2D eigenvalue weighted by atomic mass is 10.4. The van der Waals surface area contributed by atoms with Crippen LogP contribution in [0.15, 0.2) is 0 Å². The van der Waals surface area contributed by atoms with E-state index in [0.29, 0.717) is 6.61 Å². The molecule has 78 valence electrons. The topological polar surface area (TPSA) is 48.0 Å². The molecule has 5 nitrogen and oxygen atoms in total. The summed E-state index contributed by atoms with van der Waals surface area (Å²) >= 11 is 0. The fraction of sp³-hybridized carbons (Fsp3) is 0.875. The van der Waals surface area contributed by atoms with Crippen LogP contribution in [0.2, 0.25) is 0 Å². The van der Waals surface area contributed by atoms with Gasteiger partial charge < -0.3 is 14.2 Å². The van der Waals surface area contributed by atoms with Crippen molar-refractivity contribution in [2.75, 3.05) is 34.9 Å². The maximum absolute atomic E-state index is 11.5. The SMILES string of the molecule is CCOC(=O)C(OC)(OC)N(C)C. The highest BCUT2D eigenvalue weighted by atomic mass is 16.7. The van der Waals surface area contributed by atoms with Crippen molar-refractivity contribution >= 4 is 5.97 Å². The Bertz CT molecular complexity index is 166. The minimum Gasteiger partial charge on any atom is -0.461 e. The zero-order chi connectivity index (χ0) is 10.5. The summed E-state index contributed by atoms with van der Waals surface area (Å²) in [6, 6.07) is 0. The molecule has 0 aromatic rings. The third-order valence-corrected chi connectivity index (χ3v) is 1.68. The average molecular weight is 191 g/mol. The fourth-order valence-corrected chi connectivity index (χ4v) is 1.02. The first-order valence-electron chi connectivity index (χ1n) is 4.00. The number of hydrogen-bond acceptors (Lipinski definition) is 5. The van der Waals surface area contributed by atoms with Crippen LogP contribution in [0, 0.1) is 0 Å². The molecule has 0 aliphatic carbocycles. The first kappa shape index (κ1) is 12.3. The zero-order valence-corrected chi connectivity index (χ0v) is 8.79. The number of rotatable bonds is 5. The molecule has 0 aromatic carbocycles. The number of nitrogens with zero attached hydrogens (tertiary/aromatic N) is 1. The molecule has 0 saturated carbocycles. The van der Waals surface area contributed by atoms with E-state index >= 15 is 0 Å². The quantitative estimate of drug-likeness (QED) is 0.454. The van der Waals surface area contributed by atoms with Gasteiger partial charge in [0.2, 0.25) is 0 Å². The second-order valence-electron chi connectivity index (χ2n) is 2.60. The number of likely N-dealkylation sites (N-methyl/N-ethyl adjacent to an activating group) is 1. The third-order valence-electron chi connectivity index (χ3n) is 1.68. The van der Waals surface area contributed by atoms with Crippen LogP contribution in [0.4, 0.5) is 0 Å². The van der Waals surface area contributed by atoms with Crippen molar-refractivity contribution in [3.05, 3.63) is 0 Å². The third kappa shape index (κ3) is 2.40. The molecule has 0 bridgehead atoms. The average Bonchev–Trinajstić information content (AvgIpc) is 2.07. The molecular weight excluding hydrogens is 174 g/mol. The van der Waals surface area contributed by atoms with Crippen LogP contribution in [0.25, 0.3) is 0 Å². The molecule has 5 heteroatoms. The Balaban J connectivity index is 4.65. The Hall–Kier alpha value is -0.650. The first-order chi connectivity index (χ1) is 6.05. The number of hydrogen-bond donors (Lipinski definition) is 0. The molecule has 0 aliphatic rings. The van der Waals surface area contributed by atoms with Gasteiger partial charge in [-0.2, -0.15) is 0 Å². The van der Waals surface area contributed by atoms with E-state index in [-0.39, 0.29) is 0 Å². The summed E-state index contributed by atoms with van der Waals surface area (Å²) in [4.78, 5) is 13.0. The van der Waals surface area contributed by atoms with Crippen molar-refractivity contribution in [2.24, 2.45) is 0 Å². The second kappa shape index (κ2) is 5.16. The number of esters is 1. The van der Waals surface area contributed by atoms with E-state index < -0.39 is 11.9 Å². The highest BCUT2D eigenvalue weighted by molar-refractivity contribution is 5.77. The number of methoxy groups -OCH3 is 2. The van der Waals surface area contributed by atoms with E-state index in [2.05, 4.69) is 0 Å². The van der Waals surface area contributed by atoms with Gasteiger partial charge in [-0.15, -0.1) is 0 Å². The summed E-state index contributed by atoms with van der Waals surface area (Å²) in [7, 11) is 6.12. The summed E-state index contributed by atoms with van der Waals surface area (Å²) < 4.78 is 14.8. The van der Waals surface area contributed by atoms with Crippen molar-refractivity contribution in [3.8, 4) is 0 Å². The van der Waals surface area contributed by atoms with Crippen LogP contribution in [0.1, 0.15) is 6.92 Å². The first-order valence-corrected chi connectivity index (χ1v) is 4.00. The minimum absolute atomic E-state index is 0.293. The standard InChI is InChI=1S/C8H17NO4/c1-6-13-7(10)8(11-4,12-5)9(2)3/h6H2,1-5H3. The van der Waals surface area contributed by atoms with Gasteiger partial charge in [0.15, 0.2) is 0 Å². The molecule has 0 amide bonds. The van der Waals surface area contributed by atoms with Gasteiger partial charge >= 0.3 is 11.9 Å². The maximum atomic E-state index is 11.5. The van der Waals surface area contributed by atoms with E-state index in [9.17, 15) is 4.79 Å².